The Morgan fingerprint density at radius 3 is 2.63 bits per heavy atom. The van der Waals surface area contributed by atoms with Gasteiger partial charge in [0.2, 0.25) is 0 Å². The standard InChI is InChI=1S/C13H10BrClFN3/c14-10-11(6-1-2-6)18-13(19-12(10)17)7-3-8(15)5-9(16)4-7/h3-6H,1-2H2,(H2,17,18,19). The normalized spacial score (nSPS) is 14.7. The van der Waals surface area contributed by atoms with Gasteiger partial charge in [-0.2, -0.15) is 0 Å². The minimum Gasteiger partial charge on any atom is -0.383 e. The summed E-state index contributed by atoms with van der Waals surface area (Å²) in [4.78, 5) is 8.67. The lowest BCUT2D eigenvalue weighted by Gasteiger charge is -2.08. The largest absolute Gasteiger partial charge is 0.383 e. The fourth-order valence-electron chi connectivity index (χ4n) is 1.92. The van der Waals surface area contributed by atoms with Gasteiger partial charge < -0.3 is 5.73 Å². The van der Waals surface area contributed by atoms with Crippen molar-refractivity contribution in [2.24, 2.45) is 0 Å². The van der Waals surface area contributed by atoms with Gasteiger partial charge >= 0.3 is 0 Å². The first-order valence-corrected chi connectivity index (χ1v) is 7.01. The van der Waals surface area contributed by atoms with E-state index in [1.165, 1.54) is 12.1 Å². The van der Waals surface area contributed by atoms with Gasteiger partial charge in [-0.1, -0.05) is 11.6 Å². The molecule has 0 atom stereocenters. The second-order valence-electron chi connectivity index (χ2n) is 4.56. The molecule has 19 heavy (non-hydrogen) atoms. The van der Waals surface area contributed by atoms with Crippen molar-refractivity contribution in [2.75, 3.05) is 5.73 Å². The third-order valence-electron chi connectivity index (χ3n) is 2.99. The van der Waals surface area contributed by atoms with Crippen LogP contribution in [0.5, 0.6) is 0 Å². The predicted molar refractivity (Wildman–Crippen MR) is 76.5 cm³/mol. The average Bonchev–Trinajstić information content (AvgIpc) is 3.15. The maximum atomic E-state index is 13.4. The predicted octanol–water partition coefficient (Wildman–Crippen LogP) is 4.16. The van der Waals surface area contributed by atoms with Crippen LogP contribution in [0, 0.1) is 5.82 Å². The van der Waals surface area contributed by atoms with Crippen molar-refractivity contribution in [2.45, 2.75) is 18.8 Å². The van der Waals surface area contributed by atoms with Crippen LogP contribution < -0.4 is 5.73 Å². The van der Waals surface area contributed by atoms with Crippen LogP contribution >= 0.6 is 27.5 Å². The summed E-state index contributed by atoms with van der Waals surface area (Å²) in [5, 5.41) is 0.313. The number of anilines is 1. The number of nitrogens with zero attached hydrogens (tertiary/aromatic N) is 2. The topological polar surface area (TPSA) is 51.8 Å². The van der Waals surface area contributed by atoms with E-state index in [1.54, 1.807) is 6.07 Å². The highest BCUT2D eigenvalue weighted by atomic mass is 79.9. The summed E-state index contributed by atoms with van der Waals surface area (Å²) in [6.45, 7) is 0. The zero-order valence-corrected chi connectivity index (χ0v) is 12.2. The van der Waals surface area contributed by atoms with E-state index in [4.69, 9.17) is 17.3 Å². The van der Waals surface area contributed by atoms with Crippen LogP contribution in [0.25, 0.3) is 11.4 Å². The molecular weight excluding hydrogens is 333 g/mol. The van der Waals surface area contributed by atoms with E-state index in [1.807, 2.05) is 0 Å². The average molecular weight is 343 g/mol. The first kappa shape index (κ1) is 12.8. The molecule has 0 radical (unpaired) electrons. The van der Waals surface area contributed by atoms with Crippen molar-refractivity contribution >= 4 is 33.3 Å². The van der Waals surface area contributed by atoms with Gasteiger partial charge in [0.25, 0.3) is 0 Å². The molecule has 1 fully saturated rings. The Kier molecular flexibility index (Phi) is 3.19. The van der Waals surface area contributed by atoms with E-state index in [2.05, 4.69) is 25.9 Å². The van der Waals surface area contributed by atoms with Gasteiger partial charge in [-0.15, -0.1) is 0 Å². The van der Waals surface area contributed by atoms with Crippen molar-refractivity contribution in [1.29, 1.82) is 0 Å². The van der Waals surface area contributed by atoms with Gasteiger partial charge in [0.1, 0.15) is 11.6 Å². The molecule has 0 amide bonds. The Bertz CT molecular complexity index is 638. The quantitative estimate of drug-likeness (QED) is 0.891. The van der Waals surface area contributed by atoms with Crippen molar-refractivity contribution < 1.29 is 4.39 Å². The zero-order chi connectivity index (χ0) is 13.6. The molecule has 1 aliphatic carbocycles. The smallest absolute Gasteiger partial charge is 0.161 e. The third kappa shape index (κ3) is 2.58. The highest BCUT2D eigenvalue weighted by molar-refractivity contribution is 9.10. The molecule has 1 saturated carbocycles. The molecule has 0 unspecified atom stereocenters. The highest BCUT2D eigenvalue weighted by Gasteiger charge is 2.29. The SMILES string of the molecule is Nc1nc(-c2cc(F)cc(Cl)c2)nc(C2CC2)c1Br. The number of hydrogen-bond acceptors (Lipinski definition) is 3. The summed E-state index contributed by atoms with van der Waals surface area (Å²) in [5.41, 5.74) is 7.30. The Labute approximate surface area is 123 Å². The van der Waals surface area contributed by atoms with Crippen molar-refractivity contribution in [3.63, 3.8) is 0 Å². The van der Waals surface area contributed by atoms with Crippen LogP contribution in [-0.2, 0) is 0 Å². The van der Waals surface area contributed by atoms with E-state index in [9.17, 15) is 4.39 Å². The molecule has 1 aliphatic rings. The lowest BCUT2D eigenvalue weighted by Crippen LogP contribution is -2.02. The molecule has 3 rings (SSSR count). The molecule has 0 bridgehead atoms. The number of hydrogen-bond donors (Lipinski definition) is 1. The molecule has 98 valence electrons. The van der Waals surface area contributed by atoms with Crippen LogP contribution in [0.4, 0.5) is 10.2 Å². The van der Waals surface area contributed by atoms with E-state index >= 15 is 0 Å². The maximum Gasteiger partial charge on any atom is 0.161 e. The Balaban J connectivity index is 2.14. The Morgan fingerprint density at radius 1 is 1.26 bits per heavy atom. The number of nitrogen functional groups attached to an aromatic ring is 1. The van der Waals surface area contributed by atoms with Gasteiger partial charge in [-0.05, 0) is 47.0 Å². The second kappa shape index (κ2) is 4.72. The monoisotopic (exact) mass is 341 g/mol. The summed E-state index contributed by atoms with van der Waals surface area (Å²) >= 11 is 9.26. The third-order valence-corrected chi connectivity index (χ3v) is 4.02. The lowest BCUT2D eigenvalue weighted by atomic mass is 10.2. The number of halogens is 3. The highest BCUT2D eigenvalue weighted by Crippen LogP contribution is 2.44. The lowest BCUT2D eigenvalue weighted by molar-refractivity contribution is 0.628. The molecule has 6 heteroatoms. The van der Waals surface area contributed by atoms with Gasteiger partial charge in [0.05, 0.1) is 10.2 Å². The molecule has 0 aliphatic heterocycles. The van der Waals surface area contributed by atoms with Crippen LogP contribution in [-0.4, -0.2) is 9.97 Å². The minimum atomic E-state index is -0.416. The first-order chi connectivity index (χ1) is 9.04. The summed E-state index contributed by atoms with van der Waals surface area (Å²) in [6, 6.07) is 4.23. The van der Waals surface area contributed by atoms with Crippen LogP contribution in [0.1, 0.15) is 24.5 Å². The van der Waals surface area contributed by atoms with E-state index in [0.717, 1.165) is 23.0 Å². The van der Waals surface area contributed by atoms with E-state index in [0.29, 0.717) is 28.1 Å². The number of aromatic nitrogens is 2. The summed E-state index contributed by atoms with van der Waals surface area (Å²) in [5.74, 6) is 0.777. The van der Waals surface area contributed by atoms with Crippen LogP contribution in [0.3, 0.4) is 0 Å². The van der Waals surface area contributed by atoms with Crippen LogP contribution in [0.2, 0.25) is 5.02 Å². The van der Waals surface area contributed by atoms with Crippen LogP contribution in [0.15, 0.2) is 22.7 Å². The molecular formula is C13H10BrClFN3. The maximum absolute atomic E-state index is 13.4. The Morgan fingerprint density at radius 2 is 2.00 bits per heavy atom. The van der Waals surface area contributed by atoms with Crippen molar-refractivity contribution in [3.8, 4) is 11.4 Å². The molecule has 2 aromatic rings. The number of rotatable bonds is 2. The molecule has 3 nitrogen and oxygen atoms in total. The summed E-state index contributed by atoms with van der Waals surface area (Å²) in [7, 11) is 0. The minimum absolute atomic E-state index is 0.313. The van der Waals surface area contributed by atoms with Crippen molar-refractivity contribution in [3.05, 3.63) is 39.2 Å². The molecule has 1 aromatic heterocycles. The molecule has 1 heterocycles. The Hall–Kier alpha value is -1.20. The fourth-order valence-corrected chi connectivity index (χ4v) is 2.64. The fraction of sp³-hybridized carbons (Fsp3) is 0.231. The van der Waals surface area contributed by atoms with Gasteiger partial charge in [0.15, 0.2) is 5.82 Å². The number of benzene rings is 1. The van der Waals surface area contributed by atoms with E-state index in [-0.39, 0.29) is 0 Å². The molecule has 2 N–H and O–H groups in total. The first-order valence-electron chi connectivity index (χ1n) is 5.84. The number of nitrogens with two attached hydrogens (primary N) is 1. The molecule has 0 spiro atoms. The molecule has 0 saturated heterocycles. The van der Waals surface area contributed by atoms with Crippen molar-refractivity contribution in [1.82, 2.24) is 9.97 Å². The summed E-state index contributed by atoms with van der Waals surface area (Å²) < 4.78 is 14.1. The van der Waals surface area contributed by atoms with Gasteiger partial charge in [-0.25, -0.2) is 14.4 Å². The van der Waals surface area contributed by atoms with Gasteiger partial charge in [-0.3, -0.25) is 0 Å². The zero-order valence-electron chi connectivity index (χ0n) is 9.83. The van der Waals surface area contributed by atoms with Gasteiger partial charge in [0, 0.05) is 16.5 Å². The van der Waals surface area contributed by atoms with E-state index < -0.39 is 5.82 Å². The second-order valence-corrected chi connectivity index (χ2v) is 5.79. The summed E-state index contributed by atoms with van der Waals surface area (Å²) in [6.07, 6.45) is 2.19. The molecule has 1 aromatic carbocycles.